The monoisotopic (exact) mass is 246 g/mol. The van der Waals surface area contributed by atoms with Crippen molar-refractivity contribution in [2.24, 2.45) is 5.41 Å². The Kier molecular flexibility index (Phi) is 3.60. The molecule has 0 radical (unpaired) electrons. The molecule has 0 saturated carbocycles. The van der Waals surface area contributed by atoms with E-state index in [4.69, 9.17) is 5.73 Å². The molecule has 1 aliphatic rings. The lowest BCUT2D eigenvalue weighted by Crippen LogP contribution is -2.32. The van der Waals surface area contributed by atoms with E-state index >= 15 is 0 Å². The normalized spacial score (nSPS) is 19.3. The van der Waals surface area contributed by atoms with Crippen molar-refractivity contribution >= 4 is 11.6 Å². The highest BCUT2D eigenvalue weighted by Gasteiger charge is 2.26. The zero-order chi connectivity index (χ0) is 13.2. The zero-order valence-electron chi connectivity index (χ0n) is 11.3. The molecule has 0 aromatic heterocycles. The molecule has 0 atom stereocenters. The van der Waals surface area contributed by atoms with Gasteiger partial charge in [-0.05, 0) is 36.8 Å². The molecule has 2 rings (SSSR count). The van der Waals surface area contributed by atoms with Crippen LogP contribution in [0.3, 0.4) is 0 Å². The van der Waals surface area contributed by atoms with Crippen molar-refractivity contribution in [2.45, 2.75) is 33.1 Å². The van der Waals surface area contributed by atoms with Crippen LogP contribution in [0.2, 0.25) is 0 Å². The number of para-hydroxylation sites is 1. The van der Waals surface area contributed by atoms with Gasteiger partial charge >= 0.3 is 0 Å². The highest BCUT2D eigenvalue weighted by molar-refractivity contribution is 5.99. The molecule has 1 aliphatic heterocycles. The van der Waals surface area contributed by atoms with Gasteiger partial charge in [-0.15, -0.1) is 0 Å². The molecule has 1 aromatic rings. The minimum atomic E-state index is 0.0748. The van der Waals surface area contributed by atoms with Crippen molar-refractivity contribution in [2.75, 3.05) is 18.8 Å². The molecule has 3 nitrogen and oxygen atoms in total. The number of likely N-dealkylation sites (tertiary alicyclic amines) is 1. The first-order valence-corrected chi connectivity index (χ1v) is 6.63. The van der Waals surface area contributed by atoms with Gasteiger partial charge in [0.2, 0.25) is 0 Å². The smallest absolute Gasteiger partial charge is 0.255 e. The average molecular weight is 246 g/mol. The summed E-state index contributed by atoms with van der Waals surface area (Å²) < 4.78 is 0. The molecule has 0 spiro atoms. The number of rotatable bonds is 1. The van der Waals surface area contributed by atoms with Gasteiger partial charge in [0.25, 0.3) is 5.91 Å². The third kappa shape index (κ3) is 2.84. The molecule has 1 aromatic carbocycles. The van der Waals surface area contributed by atoms with Gasteiger partial charge < -0.3 is 10.6 Å². The van der Waals surface area contributed by atoms with E-state index in [1.807, 2.05) is 23.1 Å². The third-order valence-electron chi connectivity index (χ3n) is 3.82. The molecule has 2 N–H and O–H groups in total. The predicted molar refractivity (Wildman–Crippen MR) is 74.4 cm³/mol. The van der Waals surface area contributed by atoms with Crippen LogP contribution in [0.15, 0.2) is 24.3 Å². The van der Waals surface area contributed by atoms with Crippen LogP contribution < -0.4 is 5.73 Å². The number of anilines is 1. The second-order valence-corrected chi connectivity index (χ2v) is 5.90. The van der Waals surface area contributed by atoms with Crippen molar-refractivity contribution < 1.29 is 4.79 Å². The minimum absolute atomic E-state index is 0.0748. The van der Waals surface area contributed by atoms with Crippen LogP contribution in [-0.2, 0) is 0 Å². The Bertz CT molecular complexity index is 440. The molecular formula is C15H22N2O. The third-order valence-corrected chi connectivity index (χ3v) is 3.82. The summed E-state index contributed by atoms with van der Waals surface area (Å²) >= 11 is 0. The maximum absolute atomic E-state index is 12.4. The minimum Gasteiger partial charge on any atom is -0.398 e. The van der Waals surface area contributed by atoms with Crippen LogP contribution in [0.5, 0.6) is 0 Å². The van der Waals surface area contributed by atoms with Gasteiger partial charge in [-0.1, -0.05) is 26.0 Å². The summed E-state index contributed by atoms with van der Waals surface area (Å²) in [4.78, 5) is 14.4. The maximum atomic E-state index is 12.4. The van der Waals surface area contributed by atoms with Gasteiger partial charge in [0.1, 0.15) is 0 Å². The largest absolute Gasteiger partial charge is 0.398 e. The van der Waals surface area contributed by atoms with Gasteiger partial charge in [-0.25, -0.2) is 0 Å². The summed E-state index contributed by atoms with van der Waals surface area (Å²) in [5.74, 6) is 0.0748. The lowest BCUT2D eigenvalue weighted by atomic mass is 9.85. The lowest BCUT2D eigenvalue weighted by Gasteiger charge is -2.23. The highest BCUT2D eigenvalue weighted by Crippen LogP contribution is 2.30. The molecular weight excluding hydrogens is 224 g/mol. The van der Waals surface area contributed by atoms with Gasteiger partial charge in [0, 0.05) is 18.8 Å². The molecule has 0 aliphatic carbocycles. The first-order chi connectivity index (χ1) is 8.49. The molecule has 18 heavy (non-hydrogen) atoms. The Hall–Kier alpha value is -1.51. The van der Waals surface area contributed by atoms with Crippen LogP contribution >= 0.6 is 0 Å². The molecule has 3 heteroatoms. The van der Waals surface area contributed by atoms with Crippen LogP contribution in [0.25, 0.3) is 0 Å². The van der Waals surface area contributed by atoms with Crippen molar-refractivity contribution in [3.8, 4) is 0 Å². The number of hydrogen-bond acceptors (Lipinski definition) is 2. The SMILES string of the molecule is CC1(C)CCCN(C(=O)c2ccccc2N)CC1. The van der Waals surface area contributed by atoms with Gasteiger partial charge in [-0.3, -0.25) is 4.79 Å². The van der Waals surface area contributed by atoms with E-state index in [0.29, 0.717) is 16.7 Å². The van der Waals surface area contributed by atoms with E-state index in [0.717, 1.165) is 25.9 Å². The number of nitrogens with two attached hydrogens (primary N) is 1. The van der Waals surface area contributed by atoms with E-state index in [1.54, 1.807) is 6.07 Å². The Labute approximate surface area is 109 Å². The standard InChI is InChI=1S/C15H22N2O/c1-15(2)8-5-10-17(11-9-15)14(18)12-6-3-4-7-13(12)16/h3-4,6-7H,5,8-11,16H2,1-2H3. The van der Waals surface area contributed by atoms with E-state index in [2.05, 4.69) is 13.8 Å². The zero-order valence-corrected chi connectivity index (χ0v) is 11.3. The van der Waals surface area contributed by atoms with Crippen molar-refractivity contribution in [3.63, 3.8) is 0 Å². The number of nitrogens with zero attached hydrogens (tertiary/aromatic N) is 1. The van der Waals surface area contributed by atoms with Crippen LogP contribution in [0.1, 0.15) is 43.5 Å². The number of benzene rings is 1. The van der Waals surface area contributed by atoms with Gasteiger partial charge in [0.05, 0.1) is 5.56 Å². The van der Waals surface area contributed by atoms with Crippen molar-refractivity contribution in [3.05, 3.63) is 29.8 Å². The molecule has 0 bridgehead atoms. The fourth-order valence-corrected chi connectivity index (χ4v) is 2.49. The van der Waals surface area contributed by atoms with E-state index < -0.39 is 0 Å². The predicted octanol–water partition coefficient (Wildman–Crippen LogP) is 2.92. The molecule has 1 saturated heterocycles. The first-order valence-electron chi connectivity index (χ1n) is 6.63. The van der Waals surface area contributed by atoms with Gasteiger partial charge in [0.15, 0.2) is 0 Å². The number of amides is 1. The summed E-state index contributed by atoms with van der Waals surface area (Å²) in [6.07, 6.45) is 3.32. The number of carbonyl (C=O) groups excluding carboxylic acids is 1. The fourth-order valence-electron chi connectivity index (χ4n) is 2.49. The highest BCUT2D eigenvalue weighted by atomic mass is 16.2. The molecule has 1 heterocycles. The van der Waals surface area contributed by atoms with Crippen LogP contribution in [0, 0.1) is 5.41 Å². The Morgan fingerprint density at radius 1 is 1.22 bits per heavy atom. The second kappa shape index (κ2) is 5.01. The summed E-state index contributed by atoms with van der Waals surface area (Å²) in [5.41, 5.74) is 7.43. The Morgan fingerprint density at radius 2 is 1.94 bits per heavy atom. The molecule has 1 amide bonds. The summed E-state index contributed by atoms with van der Waals surface area (Å²) in [5, 5.41) is 0. The Balaban J connectivity index is 2.13. The molecule has 98 valence electrons. The van der Waals surface area contributed by atoms with E-state index in [1.165, 1.54) is 6.42 Å². The number of carbonyl (C=O) groups is 1. The van der Waals surface area contributed by atoms with Gasteiger partial charge in [-0.2, -0.15) is 0 Å². The second-order valence-electron chi connectivity index (χ2n) is 5.90. The summed E-state index contributed by atoms with van der Waals surface area (Å²) in [7, 11) is 0. The maximum Gasteiger partial charge on any atom is 0.255 e. The van der Waals surface area contributed by atoms with E-state index in [9.17, 15) is 4.79 Å². The summed E-state index contributed by atoms with van der Waals surface area (Å²) in [6.45, 7) is 6.23. The quantitative estimate of drug-likeness (QED) is 0.774. The Morgan fingerprint density at radius 3 is 2.67 bits per heavy atom. The van der Waals surface area contributed by atoms with Crippen molar-refractivity contribution in [1.82, 2.24) is 4.90 Å². The first kappa shape index (κ1) is 12.9. The topological polar surface area (TPSA) is 46.3 Å². The number of hydrogen-bond donors (Lipinski definition) is 1. The lowest BCUT2D eigenvalue weighted by molar-refractivity contribution is 0.0758. The number of nitrogen functional groups attached to an aromatic ring is 1. The summed E-state index contributed by atoms with van der Waals surface area (Å²) in [6, 6.07) is 7.33. The average Bonchev–Trinajstić information content (AvgIpc) is 2.50. The van der Waals surface area contributed by atoms with Crippen molar-refractivity contribution in [1.29, 1.82) is 0 Å². The molecule has 0 unspecified atom stereocenters. The van der Waals surface area contributed by atoms with E-state index in [-0.39, 0.29) is 5.91 Å². The van der Waals surface area contributed by atoms with Crippen LogP contribution in [0.4, 0.5) is 5.69 Å². The fraction of sp³-hybridized carbons (Fsp3) is 0.533. The van der Waals surface area contributed by atoms with Crippen LogP contribution in [-0.4, -0.2) is 23.9 Å². The molecule has 1 fully saturated rings.